The molecule has 0 unspecified atom stereocenters. The largest absolute Gasteiger partial charge is 0.493 e. The van der Waals surface area contributed by atoms with E-state index in [4.69, 9.17) is 9.47 Å². The number of methoxy groups -OCH3 is 1. The molecule has 0 spiro atoms. The van der Waals surface area contributed by atoms with Gasteiger partial charge < -0.3 is 14.8 Å². The molecule has 0 aromatic heterocycles. The Bertz CT molecular complexity index is 931. The van der Waals surface area contributed by atoms with E-state index >= 15 is 0 Å². The topological polar surface area (TPSA) is 114 Å². The summed E-state index contributed by atoms with van der Waals surface area (Å²) in [6.07, 6.45) is 1.40. The smallest absolute Gasteiger partial charge is 0.271 e. The molecule has 8 nitrogen and oxygen atoms in total. The molecule has 0 radical (unpaired) electrons. The molecule has 0 aliphatic rings. The van der Waals surface area contributed by atoms with Crippen LogP contribution in [0, 0.1) is 21.4 Å². The van der Waals surface area contributed by atoms with Crippen molar-refractivity contribution in [1.82, 2.24) is 0 Å². The van der Waals surface area contributed by atoms with E-state index in [0.717, 1.165) is 0 Å². The molecular formula is C19H17N3O5. The summed E-state index contributed by atoms with van der Waals surface area (Å²) in [5.41, 5.74) is 0.478. The predicted octanol–water partition coefficient (Wildman–Crippen LogP) is 3.55. The van der Waals surface area contributed by atoms with Gasteiger partial charge in [-0.1, -0.05) is 12.1 Å². The highest BCUT2D eigenvalue weighted by molar-refractivity contribution is 6.09. The van der Waals surface area contributed by atoms with Crippen LogP contribution < -0.4 is 14.8 Å². The van der Waals surface area contributed by atoms with Crippen molar-refractivity contribution in [2.75, 3.05) is 19.0 Å². The molecule has 0 heterocycles. The minimum atomic E-state index is -0.674. The number of nitrogens with one attached hydrogen (secondary N) is 1. The monoisotopic (exact) mass is 367 g/mol. The second kappa shape index (κ2) is 9.01. The summed E-state index contributed by atoms with van der Waals surface area (Å²) in [6.45, 7) is 2.26. The van der Waals surface area contributed by atoms with Gasteiger partial charge in [0.05, 0.1) is 18.6 Å². The Morgan fingerprint density at radius 2 is 2.07 bits per heavy atom. The molecule has 138 valence electrons. The lowest BCUT2D eigenvalue weighted by molar-refractivity contribution is -0.384. The maximum atomic E-state index is 12.3. The number of nitro benzene ring substituents is 1. The molecule has 0 saturated heterocycles. The number of nitro groups is 1. The first-order valence-corrected chi connectivity index (χ1v) is 7.97. The quantitative estimate of drug-likeness (QED) is 0.346. The summed E-state index contributed by atoms with van der Waals surface area (Å²) in [4.78, 5) is 22.6. The number of non-ortho nitro benzene ring substituents is 1. The number of anilines is 1. The van der Waals surface area contributed by atoms with Gasteiger partial charge in [0.1, 0.15) is 11.6 Å². The SMILES string of the molecule is CCOc1cc(C=C(C#N)C(=O)Nc2cccc([N+](=O)[O-])c2)ccc1OC. The highest BCUT2D eigenvalue weighted by Crippen LogP contribution is 2.29. The molecule has 2 rings (SSSR count). The Balaban J connectivity index is 2.26. The number of rotatable bonds is 7. The van der Waals surface area contributed by atoms with Gasteiger partial charge in [-0.3, -0.25) is 14.9 Å². The van der Waals surface area contributed by atoms with Gasteiger partial charge in [-0.2, -0.15) is 5.26 Å². The molecule has 8 heteroatoms. The number of nitriles is 1. The Kier molecular flexibility index (Phi) is 6.49. The Labute approximate surface area is 155 Å². The van der Waals surface area contributed by atoms with E-state index in [2.05, 4.69) is 5.32 Å². The highest BCUT2D eigenvalue weighted by Gasteiger charge is 2.13. The summed E-state index contributed by atoms with van der Waals surface area (Å²) in [7, 11) is 1.51. The van der Waals surface area contributed by atoms with Gasteiger partial charge in [-0.25, -0.2) is 0 Å². The third kappa shape index (κ3) is 5.06. The number of hydrogen-bond donors (Lipinski definition) is 1. The van der Waals surface area contributed by atoms with Gasteiger partial charge in [0, 0.05) is 17.8 Å². The molecule has 1 N–H and O–H groups in total. The Hall–Kier alpha value is -3.86. The Morgan fingerprint density at radius 3 is 2.70 bits per heavy atom. The van der Waals surface area contributed by atoms with Crippen LogP contribution in [-0.2, 0) is 4.79 Å². The van der Waals surface area contributed by atoms with Crippen LogP contribution in [-0.4, -0.2) is 24.5 Å². The van der Waals surface area contributed by atoms with Crippen molar-refractivity contribution in [3.05, 3.63) is 63.7 Å². The summed E-state index contributed by atoms with van der Waals surface area (Å²) >= 11 is 0. The summed E-state index contributed by atoms with van der Waals surface area (Å²) in [5, 5.41) is 22.6. The van der Waals surface area contributed by atoms with Gasteiger partial charge in [-0.05, 0) is 36.8 Å². The van der Waals surface area contributed by atoms with E-state index in [1.54, 1.807) is 18.2 Å². The van der Waals surface area contributed by atoms with E-state index in [9.17, 15) is 20.2 Å². The summed E-state index contributed by atoms with van der Waals surface area (Å²) in [5.74, 6) is 0.352. The molecule has 0 aliphatic carbocycles. The minimum absolute atomic E-state index is 0.158. The Morgan fingerprint density at radius 1 is 1.30 bits per heavy atom. The number of nitrogens with zero attached hydrogens (tertiary/aromatic N) is 2. The first-order valence-electron chi connectivity index (χ1n) is 7.97. The molecule has 2 aromatic rings. The van der Waals surface area contributed by atoms with Crippen LogP contribution >= 0.6 is 0 Å². The standard InChI is InChI=1S/C19H17N3O5/c1-3-27-18-10-13(7-8-17(18)26-2)9-14(12-20)19(23)21-15-5-4-6-16(11-15)22(24)25/h4-11H,3H2,1-2H3,(H,21,23). The molecule has 27 heavy (non-hydrogen) atoms. The van der Waals surface area contributed by atoms with Crippen LogP contribution in [0.3, 0.4) is 0 Å². The van der Waals surface area contributed by atoms with Gasteiger partial charge >= 0.3 is 0 Å². The second-order valence-electron chi connectivity index (χ2n) is 5.27. The fourth-order valence-electron chi connectivity index (χ4n) is 2.26. The minimum Gasteiger partial charge on any atom is -0.493 e. The van der Waals surface area contributed by atoms with Crippen molar-refractivity contribution in [2.24, 2.45) is 0 Å². The lowest BCUT2D eigenvalue weighted by Gasteiger charge is -2.10. The van der Waals surface area contributed by atoms with Gasteiger partial charge in [0.25, 0.3) is 11.6 Å². The number of hydrogen-bond acceptors (Lipinski definition) is 6. The molecule has 1 amide bonds. The zero-order chi connectivity index (χ0) is 19.8. The summed E-state index contributed by atoms with van der Waals surface area (Å²) < 4.78 is 10.7. The van der Waals surface area contributed by atoms with Crippen molar-refractivity contribution in [1.29, 1.82) is 5.26 Å². The van der Waals surface area contributed by atoms with Gasteiger partial charge in [0.2, 0.25) is 0 Å². The van der Waals surface area contributed by atoms with Crippen molar-refractivity contribution in [3.8, 4) is 17.6 Å². The van der Waals surface area contributed by atoms with Crippen molar-refractivity contribution in [3.63, 3.8) is 0 Å². The number of amides is 1. The molecule has 0 fully saturated rings. The van der Waals surface area contributed by atoms with Crippen molar-refractivity contribution in [2.45, 2.75) is 6.92 Å². The number of benzene rings is 2. The van der Waals surface area contributed by atoms with E-state index in [1.165, 1.54) is 37.5 Å². The van der Waals surface area contributed by atoms with Crippen LogP contribution in [0.4, 0.5) is 11.4 Å². The van der Waals surface area contributed by atoms with Crippen LogP contribution in [0.5, 0.6) is 11.5 Å². The average Bonchev–Trinajstić information content (AvgIpc) is 2.66. The molecule has 0 atom stereocenters. The molecule has 0 bridgehead atoms. The summed E-state index contributed by atoms with van der Waals surface area (Å²) in [6, 6.07) is 12.3. The number of carbonyl (C=O) groups is 1. The van der Waals surface area contributed by atoms with Crippen molar-refractivity contribution < 1.29 is 19.2 Å². The second-order valence-corrected chi connectivity index (χ2v) is 5.27. The maximum Gasteiger partial charge on any atom is 0.271 e. The average molecular weight is 367 g/mol. The first-order chi connectivity index (χ1) is 13.0. The van der Waals surface area contributed by atoms with Crippen molar-refractivity contribution >= 4 is 23.4 Å². The highest BCUT2D eigenvalue weighted by atomic mass is 16.6. The van der Waals surface area contributed by atoms with E-state index in [0.29, 0.717) is 23.7 Å². The van der Waals surface area contributed by atoms with Crippen LogP contribution in [0.1, 0.15) is 12.5 Å². The molecule has 0 aliphatic heterocycles. The van der Waals surface area contributed by atoms with E-state index in [-0.39, 0.29) is 16.9 Å². The fourth-order valence-corrected chi connectivity index (χ4v) is 2.26. The lowest BCUT2D eigenvalue weighted by atomic mass is 10.1. The van der Waals surface area contributed by atoms with Crippen LogP contribution in [0.15, 0.2) is 48.0 Å². The molecule has 0 saturated carbocycles. The normalized spacial score (nSPS) is 10.6. The van der Waals surface area contributed by atoms with Gasteiger partial charge in [0.15, 0.2) is 11.5 Å². The number of carbonyl (C=O) groups excluding carboxylic acids is 1. The van der Waals surface area contributed by atoms with Crippen LogP contribution in [0.25, 0.3) is 6.08 Å². The third-order valence-electron chi connectivity index (χ3n) is 3.48. The third-order valence-corrected chi connectivity index (χ3v) is 3.48. The van der Waals surface area contributed by atoms with E-state index in [1.807, 2.05) is 13.0 Å². The van der Waals surface area contributed by atoms with Gasteiger partial charge in [-0.15, -0.1) is 0 Å². The fraction of sp³-hybridized carbons (Fsp3) is 0.158. The predicted molar refractivity (Wildman–Crippen MR) is 99.5 cm³/mol. The maximum absolute atomic E-state index is 12.3. The first kappa shape index (κ1) is 19.5. The molecular weight excluding hydrogens is 350 g/mol. The molecule has 2 aromatic carbocycles. The van der Waals surface area contributed by atoms with Crippen LogP contribution in [0.2, 0.25) is 0 Å². The zero-order valence-electron chi connectivity index (χ0n) is 14.8. The zero-order valence-corrected chi connectivity index (χ0v) is 14.8. The number of ether oxygens (including phenoxy) is 2. The lowest BCUT2D eigenvalue weighted by Crippen LogP contribution is -2.13. The van der Waals surface area contributed by atoms with E-state index < -0.39 is 10.8 Å².